The van der Waals surface area contributed by atoms with Crippen LogP contribution in [-0.2, 0) is 0 Å². The van der Waals surface area contributed by atoms with Gasteiger partial charge in [0.05, 0.1) is 7.11 Å². The summed E-state index contributed by atoms with van der Waals surface area (Å²) in [6, 6.07) is 21.8. The monoisotopic (exact) mass is 463 g/mol. The molecule has 0 aliphatic carbocycles. The molecule has 33 heavy (non-hydrogen) atoms. The van der Waals surface area contributed by atoms with Crippen molar-refractivity contribution in [2.24, 2.45) is 0 Å². The van der Waals surface area contributed by atoms with Gasteiger partial charge in [-0.2, -0.15) is 0 Å². The molecule has 0 bridgehead atoms. The zero-order valence-electron chi connectivity index (χ0n) is 18.4. The molecule has 1 saturated heterocycles. The molecule has 2 N–H and O–H groups in total. The van der Waals surface area contributed by atoms with E-state index in [4.69, 9.17) is 16.3 Å². The zero-order valence-corrected chi connectivity index (χ0v) is 19.1. The van der Waals surface area contributed by atoms with Crippen molar-refractivity contribution < 1.29 is 14.3 Å². The molecular formula is C26H26ClN3O3. The third-order valence-electron chi connectivity index (χ3n) is 5.75. The molecule has 7 heteroatoms. The molecule has 6 nitrogen and oxygen atoms in total. The van der Waals surface area contributed by atoms with E-state index in [1.54, 1.807) is 43.5 Å². The van der Waals surface area contributed by atoms with Crippen molar-refractivity contribution in [2.45, 2.75) is 18.8 Å². The van der Waals surface area contributed by atoms with Crippen molar-refractivity contribution in [3.05, 3.63) is 88.9 Å². The molecule has 4 rings (SSSR count). The molecule has 3 amide bonds. The maximum Gasteiger partial charge on any atom is 0.321 e. The molecule has 1 fully saturated rings. The number of ether oxygens (including phenoxy) is 1. The number of urea groups is 1. The number of carbonyl (C=O) groups excluding carboxylic acids is 2. The van der Waals surface area contributed by atoms with E-state index in [-0.39, 0.29) is 17.9 Å². The molecule has 3 aromatic carbocycles. The van der Waals surface area contributed by atoms with Gasteiger partial charge in [-0.3, -0.25) is 4.79 Å². The minimum atomic E-state index is -0.182. The standard InChI is InChI=1S/C26H26ClN3O3/c1-33-24-9-3-8-23(16-24)28-25(31)19-6-2-5-18(15-19)20-7-4-14-30(17-20)26(32)29-22-12-10-21(27)11-13-22/h2-3,5-6,8-13,15-16,20H,4,7,14,17H2,1H3,(H,28,31)(H,29,32)/t20-/m0/s1. The van der Waals surface area contributed by atoms with Crippen LogP contribution >= 0.6 is 11.6 Å². The Morgan fingerprint density at radius 3 is 2.55 bits per heavy atom. The summed E-state index contributed by atoms with van der Waals surface area (Å²) in [6.07, 6.45) is 1.87. The smallest absolute Gasteiger partial charge is 0.321 e. The summed E-state index contributed by atoms with van der Waals surface area (Å²) < 4.78 is 5.22. The number of nitrogens with zero attached hydrogens (tertiary/aromatic N) is 1. The number of benzene rings is 3. The highest BCUT2D eigenvalue weighted by atomic mass is 35.5. The highest BCUT2D eigenvalue weighted by Crippen LogP contribution is 2.28. The van der Waals surface area contributed by atoms with Crippen molar-refractivity contribution >= 4 is 34.9 Å². The highest BCUT2D eigenvalue weighted by Gasteiger charge is 2.25. The third-order valence-corrected chi connectivity index (χ3v) is 6.00. The van der Waals surface area contributed by atoms with Gasteiger partial charge in [0, 0.05) is 47.0 Å². The number of halogens is 1. The lowest BCUT2D eigenvalue weighted by molar-refractivity contribution is 0.102. The van der Waals surface area contributed by atoms with Gasteiger partial charge in [-0.15, -0.1) is 0 Å². The van der Waals surface area contributed by atoms with E-state index < -0.39 is 0 Å². The molecular weight excluding hydrogens is 438 g/mol. The second-order valence-corrected chi connectivity index (χ2v) is 8.47. The average molecular weight is 464 g/mol. The van der Waals surface area contributed by atoms with Crippen LogP contribution in [0.1, 0.15) is 34.7 Å². The Hall–Kier alpha value is -3.51. The van der Waals surface area contributed by atoms with Gasteiger partial charge in [0.2, 0.25) is 0 Å². The van der Waals surface area contributed by atoms with Gasteiger partial charge in [0.15, 0.2) is 0 Å². The Balaban J connectivity index is 1.42. The van der Waals surface area contributed by atoms with Gasteiger partial charge in [-0.25, -0.2) is 4.79 Å². The first kappa shape index (κ1) is 22.7. The fourth-order valence-corrected chi connectivity index (χ4v) is 4.13. The van der Waals surface area contributed by atoms with Crippen molar-refractivity contribution in [2.75, 3.05) is 30.8 Å². The summed E-state index contributed by atoms with van der Waals surface area (Å²) in [5, 5.41) is 6.48. The van der Waals surface area contributed by atoms with E-state index in [9.17, 15) is 9.59 Å². The molecule has 0 unspecified atom stereocenters. The number of likely N-dealkylation sites (tertiary alicyclic amines) is 1. The van der Waals surface area contributed by atoms with Gasteiger partial charge in [-0.05, 0) is 66.9 Å². The first-order valence-corrected chi connectivity index (χ1v) is 11.3. The topological polar surface area (TPSA) is 70.7 Å². The quantitative estimate of drug-likeness (QED) is 0.486. The van der Waals surface area contributed by atoms with Crippen LogP contribution in [0.25, 0.3) is 0 Å². The lowest BCUT2D eigenvalue weighted by atomic mass is 9.89. The molecule has 1 heterocycles. The van der Waals surface area contributed by atoms with E-state index in [0.717, 1.165) is 18.4 Å². The number of hydrogen-bond donors (Lipinski definition) is 2. The van der Waals surface area contributed by atoms with Gasteiger partial charge in [0.1, 0.15) is 5.75 Å². The van der Waals surface area contributed by atoms with E-state index in [2.05, 4.69) is 10.6 Å². The molecule has 1 aliphatic rings. The van der Waals surface area contributed by atoms with Crippen LogP contribution in [0.2, 0.25) is 5.02 Å². The number of methoxy groups -OCH3 is 1. The van der Waals surface area contributed by atoms with Crippen molar-refractivity contribution in [1.82, 2.24) is 4.90 Å². The van der Waals surface area contributed by atoms with Crippen LogP contribution in [-0.4, -0.2) is 37.0 Å². The predicted molar refractivity (Wildman–Crippen MR) is 131 cm³/mol. The maximum atomic E-state index is 12.8. The number of anilines is 2. The second kappa shape index (κ2) is 10.4. The van der Waals surface area contributed by atoms with Crippen LogP contribution in [0, 0.1) is 0 Å². The summed E-state index contributed by atoms with van der Waals surface area (Å²) in [5.41, 5.74) is 3.02. The second-order valence-electron chi connectivity index (χ2n) is 8.03. The number of rotatable bonds is 5. The SMILES string of the molecule is COc1cccc(NC(=O)c2cccc([C@H]3CCCN(C(=O)Nc4ccc(Cl)cc4)C3)c2)c1. The van der Waals surface area contributed by atoms with Crippen LogP contribution in [0.15, 0.2) is 72.8 Å². The third kappa shape index (κ3) is 5.84. The van der Waals surface area contributed by atoms with Gasteiger partial charge < -0.3 is 20.3 Å². The predicted octanol–water partition coefficient (Wildman–Crippen LogP) is 6.01. The summed E-state index contributed by atoms with van der Waals surface area (Å²) in [5.74, 6) is 0.665. The van der Waals surface area contributed by atoms with Crippen LogP contribution in [0.5, 0.6) is 5.75 Å². The van der Waals surface area contributed by atoms with Crippen molar-refractivity contribution in [3.63, 3.8) is 0 Å². The number of hydrogen-bond acceptors (Lipinski definition) is 3. The average Bonchev–Trinajstić information content (AvgIpc) is 2.85. The number of amides is 3. The number of nitrogens with one attached hydrogen (secondary N) is 2. The summed E-state index contributed by atoms with van der Waals surface area (Å²) >= 11 is 5.92. The number of piperidine rings is 1. The Bertz CT molecular complexity index is 1130. The lowest BCUT2D eigenvalue weighted by Crippen LogP contribution is -2.41. The summed E-state index contributed by atoms with van der Waals surface area (Å²) in [6.45, 7) is 1.30. The minimum absolute atomic E-state index is 0.131. The maximum absolute atomic E-state index is 12.8. The Kier molecular flexibility index (Phi) is 7.15. The largest absolute Gasteiger partial charge is 0.497 e. The van der Waals surface area contributed by atoms with Gasteiger partial charge >= 0.3 is 6.03 Å². The Morgan fingerprint density at radius 2 is 1.76 bits per heavy atom. The molecule has 0 saturated carbocycles. The molecule has 1 aliphatic heterocycles. The molecule has 1 atom stereocenters. The van der Waals surface area contributed by atoms with Crippen LogP contribution < -0.4 is 15.4 Å². The van der Waals surface area contributed by atoms with Gasteiger partial charge in [-0.1, -0.05) is 29.8 Å². The molecule has 0 aromatic heterocycles. The molecule has 0 radical (unpaired) electrons. The lowest BCUT2D eigenvalue weighted by Gasteiger charge is -2.33. The number of carbonyl (C=O) groups is 2. The van der Waals surface area contributed by atoms with Crippen molar-refractivity contribution in [1.29, 1.82) is 0 Å². The fourth-order valence-electron chi connectivity index (χ4n) is 4.01. The van der Waals surface area contributed by atoms with Crippen molar-refractivity contribution in [3.8, 4) is 5.75 Å². The van der Waals surface area contributed by atoms with E-state index >= 15 is 0 Å². The fraction of sp³-hybridized carbons (Fsp3) is 0.231. The van der Waals surface area contributed by atoms with Crippen LogP contribution in [0.3, 0.4) is 0 Å². The first-order valence-electron chi connectivity index (χ1n) is 10.9. The Morgan fingerprint density at radius 1 is 0.970 bits per heavy atom. The van der Waals surface area contributed by atoms with E-state index in [1.807, 2.05) is 41.3 Å². The Labute approximate surface area is 198 Å². The van der Waals surface area contributed by atoms with E-state index in [1.165, 1.54) is 0 Å². The first-order chi connectivity index (χ1) is 16.0. The summed E-state index contributed by atoms with van der Waals surface area (Å²) in [7, 11) is 1.59. The van der Waals surface area contributed by atoms with Gasteiger partial charge in [0.25, 0.3) is 5.91 Å². The zero-order chi connectivity index (χ0) is 23.2. The summed E-state index contributed by atoms with van der Waals surface area (Å²) in [4.78, 5) is 27.4. The molecule has 0 spiro atoms. The normalized spacial score (nSPS) is 15.6. The van der Waals surface area contributed by atoms with Crippen LogP contribution in [0.4, 0.5) is 16.2 Å². The molecule has 170 valence electrons. The highest BCUT2D eigenvalue weighted by molar-refractivity contribution is 6.30. The molecule has 3 aromatic rings. The minimum Gasteiger partial charge on any atom is -0.497 e. The van der Waals surface area contributed by atoms with E-state index in [0.29, 0.717) is 40.8 Å².